The van der Waals surface area contributed by atoms with Crippen molar-refractivity contribution in [2.24, 2.45) is 5.92 Å². The molecule has 1 rings (SSSR count). The first-order valence-corrected chi connectivity index (χ1v) is 7.02. The second-order valence-corrected chi connectivity index (χ2v) is 5.27. The van der Waals surface area contributed by atoms with E-state index in [-0.39, 0.29) is 11.9 Å². The highest BCUT2D eigenvalue weighted by Gasteiger charge is 2.32. The van der Waals surface area contributed by atoms with Crippen molar-refractivity contribution in [1.29, 1.82) is 0 Å². The molecule has 1 unspecified atom stereocenters. The molecular formula is C17H24O3. The lowest BCUT2D eigenvalue weighted by molar-refractivity contribution is -0.164. The molecule has 0 N–H and O–H groups in total. The Kier molecular flexibility index (Phi) is 6.46. The molecule has 0 saturated heterocycles. The number of rotatable bonds is 7. The third kappa shape index (κ3) is 5.17. The van der Waals surface area contributed by atoms with Crippen LogP contribution in [0.4, 0.5) is 0 Å². The predicted octanol–water partition coefficient (Wildman–Crippen LogP) is 3.69. The average molecular weight is 276 g/mol. The number of benzene rings is 1. The van der Waals surface area contributed by atoms with Crippen molar-refractivity contribution >= 4 is 12.0 Å². The number of hydrogen-bond donors (Lipinski definition) is 0. The van der Waals surface area contributed by atoms with Gasteiger partial charge < -0.3 is 9.47 Å². The van der Waals surface area contributed by atoms with Crippen molar-refractivity contribution in [3.8, 4) is 0 Å². The van der Waals surface area contributed by atoms with E-state index in [1.807, 2.05) is 58.0 Å². The van der Waals surface area contributed by atoms with E-state index < -0.39 is 5.60 Å². The monoisotopic (exact) mass is 276 g/mol. The van der Waals surface area contributed by atoms with Crippen LogP contribution in [-0.2, 0) is 14.3 Å². The highest BCUT2D eigenvalue weighted by molar-refractivity contribution is 5.87. The molecule has 0 radical (unpaired) electrons. The minimum absolute atomic E-state index is 0.183. The molecule has 110 valence electrons. The quantitative estimate of drug-likeness (QED) is 0.563. The van der Waals surface area contributed by atoms with Gasteiger partial charge in [-0.2, -0.15) is 0 Å². The van der Waals surface area contributed by atoms with Crippen LogP contribution in [0.2, 0.25) is 0 Å². The topological polar surface area (TPSA) is 35.5 Å². The standard InChI is InChI=1S/C17H24O3/c1-5-19-13-17(4,14(2)3)20-16(18)12-11-15-9-7-6-8-10-15/h6-12,14H,5,13H2,1-4H3. The molecule has 0 saturated carbocycles. The Hall–Kier alpha value is -1.61. The van der Waals surface area contributed by atoms with Crippen molar-refractivity contribution in [1.82, 2.24) is 0 Å². The first-order valence-electron chi connectivity index (χ1n) is 7.02. The smallest absolute Gasteiger partial charge is 0.331 e. The van der Waals surface area contributed by atoms with E-state index in [2.05, 4.69) is 0 Å². The maximum atomic E-state index is 11.9. The minimum Gasteiger partial charge on any atom is -0.453 e. The minimum atomic E-state index is -0.603. The van der Waals surface area contributed by atoms with E-state index in [1.54, 1.807) is 6.08 Å². The fraction of sp³-hybridized carbons (Fsp3) is 0.471. The van der Waals surface area contributed by atoms with E-state index in [1.165, 1.54) is 6.08 Å². The summed E-state index contributed by atoms with van der Waals surface area (Å²) in [5.41, 5.74) is 0.370. The summed E-state index contributed by atoms with van der Waals surface area (Å²) in [5, 5.41) is 0. The summed E-state index contributed by atoms with van der Waals surface area (Å²) in [6, 6.07) is 9.67. The molecule has 3 heteroatoms. The van der Waals surface area contributed by atoms with Gasteiger partial charge in [0.05, 0.1) is 6.61 Å². The van der Waals surface area contributed by atoms with Crippen molar-refractivity contribution in [2.45, 2.75) is 33.3 Å². The average Bonchev–Trinajstić information content (AvgIpc) is 2.44. The van der Waals surface area contributed by atoms with Crippen LogP contribution in [0.3, 0.4) is 0 Å². The van der Waals surface area contributed by atoms with Gasteiger partial charge in [-0.1, -0.05) is 44.2 Å². The summed E-state index contributed by atoms with van der Waals surface area (Å²) in [4.78, 5) is 11.9. The fourth-order valence-corrected chi connectivity index (χ4v) is 1.61. The van der Waals surface area contributed by atoms with Gasteiger partial charge in [0, 0.05) is 12.7 Å². The van der Waals surface area contributed by atoms with E-state index in [9.17, 15) is 4.79 Å². The maximum absolute atomic E-state index is 11.9. The predicted molar refractivity (Wildman–Crippen MR) is 81.3 cm³/mol. The van der Waals surface area contributed by atoms with Gasteiger partial charge in [-0.05, 0) is 31.4 Å². The first-order chi connectivity index (χ1) is 9.48. The molecule has 0 spiro atoms. The van der Waals surface area contributed by atoms with E-state index in [0.29, 0.717) is 13.2 Å². The zero-order valence-electron chi connectivity index (χ0n) is 12.8. The van der Waals surface area contributed by atoms with Gasteiger partial charge in [0.15, 0.2) is 0 Å². The van der Waals surface area contributed by atoms with Gasteiger partial charge in [-0.15, -0.1) is 0 Å². The van der Waals surface area contributed by atoms with Gasteiger partial charge in [0.2, 0.25) is 0 Å². The van der Waals surface area contributed by atoms with Crippen LogP contribution in [0.1, 0.15) is 33.3 Å². The summed E-state index contributed by atoms with van der Waals surface area (Å²) in [7, 11) is 0. The molecular weight excluding hydrogens is 252 g/mol. The van der Waals surface area contributed by atoms with Crippen molar-refractivity contribution in [3.05, 3.63) is 42.0 Å². The van der Waals surface area contributed by atoms with Crippen molar-refractivity contribution in [3.63, 3.8) is 0 Å². The number of hydrogen-bond acceptors (Lipinski definition) is 3. The Morgan fingerprint density at radius 3 is 2.50 bits per heavy atom. The number of carbonyl (C=O) groups is 1. The van der Waals surface area contributed by atoms with Gasteiger partial charge in [-0.25, -0.2) is 4.79 Å². The van der Waals surface area contributed by atoms with Gasteiger partial charge in [-0.3, -0.25) is 0 Å². The lowest BCUT2D eigenvalue weighted by Gasteiger charge is -2.32. The summed E-state index contributed by atoms with van der Waals surface area (Å²) in [6.07, 6.45) is 3.21. The normalized spacial score (nSPS) is 14.4. The van der Waals surface area contributed by atoms with Crippen LogP contribution in [0, 0.1) is 5.92 Å². The number of esters is 1. The van der Waals surface area contributed by atoms with Crippen molar-refractivity contribution in [2.75, 3.05) is 13.2 Å². The van der Waals surface area contributed by atoms with E-state index in [0.717, 1.165) is 5.56 Å². The first kappa shape index (κ1) is 16.4. The molecule has 0 amide bonds. The molecule has 1 aromatic rings. The molecule has 0 aromatic heterocycles. The van der Waals surface area contributed by atoms with Crippen LogP contribution in [0.5, 0.6) is 0 Å². The summed E-state index contributed by atoms with van der Waals surface area (Å²) in [5.74, 6) is -0.159. The Balaban J connectivity index is 2.65. The second-order valence-electron chi connectivity index (χ2n) is 5.27. The van der Waals surface area contributed by atoms with Crippen molar-refractivity contribution < 1.29 is 14.3 Å². The van der Waals surface area contributed by atoms with Gasteiger partial charge in [0.1, 0.15) is 5.60 Å². The van der Waals surface area contributed by atoms with E-state index >= 15 is 0 Å². The molecule has 1 atom stereocenters. The number of carbonyl (C=O) groups excluding carboxylic acids is 1. The SMILES string of the molecule is CCOCC(C)(OC(=O)C=Cc1ccccc1)C(C)C. The van der Waals surface area contributed by atoms with E-state index in [4.69, 9.17) is 9.47 Å². The lowest BCUT2D eigenvalue weighted by Crippen LogP contribution is -2.41. The molecule has 0 heterocycles. The lowest BCUT2D eigenvalue weighted by atomic mass is 9.93. The Bertz CT molecular complexity index is 437. The Morgan fingerprint density at radius 1 is 1.30 bits per heavy atom. The molecule has 0 aliphatic carbocycles. The largest absolute Gasteiger partial charge is 0.453 e. The molecule has 0 aliphatic rings. The third-order valence-electron chi connectivity index (χ3n) is 3.36. The number of ether oxygens (including phenoxy) is 2. The molecule has 0 fully saturated rings. The van der Waals surface area contributed by atoms with Crippen LogP contribution in [-0.4, -0.2) is 24.8 Å². The molecule has 0 aliphatic heterocycles. The zero-order chi connectivity index (χ0) is 15.0. The highest BCUT2D eigenvalue weighted by Crippen LogP contribution is 2.22. The Labute approximate surface area is 121 Å². The third-order valence-corrected chi connectivity index (χ3v) is 3.36. The zero-order valence-corrected chi connectivity index (χ0v) is 12.8. The van der Waals surface area contributed by atoms with Crippen LogP contribution < -0.4 is 0 Å². The van der Waals surface area contributed by atoms with Crippen LogP contribution in [0.25, 0.3) is 6.08 Å². The summed E-state index contributed by atoms with van der Waals surface area (Å²) in [6.45, 7) is 8.89. The molecule has 20 heavy (non-hydrogen) atoms. The molecule has 1 aromatic carbocycles. The Morgan fingerprint density at radius 2 is 1.95 bits per heavy atom. The summed E-state index contributed by atoms with van der Waals surface area (Å²) >= 11 is 0. The van der Waals surface area contributed by atoms with Crippen LogP contribution >= 0.6 is 0 Å². The van der Waals surface area contributed by atoms with Gasteiger partial charge in [0.25, 0.3) is 0 Å². The maximum Gasteiger partial charge on any atom is 0.331 e. The second kappa shape index (κ2) is 7.85. The fourth-order valence-electron chi connectivity index (χ4n) is 1.61. The molecule has 3 nitrogen and oxygen atoms in total. The highest BCUT2D eigenvalue weighted by atomic mass is 16.6. The van der Waals surface area contributed by atoms with Crippen LogP contribution in [0.15, 0.2) is 36.4 Å². The van der Waals surface area contributed by atoms with Gasteiger partial charge >= 0.3 is 5.97 Å². The molecule has 0 bridgehead atoms. The summed E-state index contributed by atoms with van der Waals surface area (Å²) < 4.78 is 11.0.